The fourth-order valence-corrected chi connectivity index (χ4v) is 3.24. The highest BCUT2D eigenvalue weighted by molar-refractivity contribution is 5.94. The van der Waals surface area contributed by atoms with Crippen molar-refractivity contribution in [1.29, 1.82) is 5.26 Å². The summed E-state index contributed by atoms with van der Waals surface area (Å²) in [5.41, 5.74) is 2.87. The summed E-state index contributed by atoms with van der Waals surface area (Å²) in [7, 11) is 1.75. The minimum Gasteiger partial charge on any atom is -0.489 e. The van der Waals surface area contributed by atoms with Crippen LogP contribution in [0, 0.1) is 11.3 Å². The Morgan fingerprint density at radius 1 is 1.07 bits per heavy atom. The number of nitriles is 1. The lowest BCUT2D eigenvalue weighted by Gasteiger charge is -2.18. The maximum atomic E-state index is 12.9. The number of nitrogens with zero attached hydrogens (tertiary/aromatic N) is 2. The predicted octanol–water partition coefficient (Wildman–Crippen LogP) is 4.14. The summed E-state index contributed by atoms with van der Waals surface area (Å²) in [6, 6.07) is 22.2. The van der Waals surface area contributed by atoms with Gasteiger partial charge in [0.25, 0.3) is 5.91 Å². The molecule has 0 saturated carbocycles. The van der Waals surface area contributed by atoms with E-state index in [4.69, 9.17) is 14.2 Å². The van der Waals surface area contributed by atoms with Crippen LogP contribution in [0.4, 0.5) is 0 Å². The third-order valence-corrected chi connectivity index (χ3v) is 4.82. The van der Waals surface area contributed by atoms with Crippen LogP contribution in [0.2, 0.25) is 0 Å². The molecule has 30 heavy (non-hydrogen) atoms. The summed E-state index contributed by atoms with van der Waals surface area (Å²) in [6.45, 7) is 0.920. The molecule has 0 saturated heterocycles. The summed E-state index contributed by atoms with van der Waals surface area (Å²) in [5.74, 6) is 1.87. The normalized spacial score (nSPS) is 11.6. The molecular weight excluding hydrogens is 380 g/mol. The largest absolute Gasteiger partial charge is 0.489 e. The van der Waals surface area contributed by atoms with Crippen molar-refractivity contribution in [1.82, 2.24) is 4.90 Å². The maximum Gasteiger partial charge on any atom is 0.254 e. The number of fused-ring (bicyclic) bond motifs is 1. The average Bonchev–Trinajstić information content (AvgIpc) is 3.25. The summed E-state index contributed by atoms with van der Waals surface area (Å²) >= 11 is 0. The fraction of sp³-hybridized carbons (Fsp3) is 0.167. The molecular formula is C24H20N2O4. The molecule has 1 amide bonds. The van der Waals surface area contributed by atoms with Crippen LogP contribution in [0.1, 0.15) is 27.0 Å². The number of amides is 1. The quantitative estimate of drug-likeness (QED) is 0.622. The van der Waals surface area contributed by atoms with Gasteiger partial charge in [-0.1, -0.05) is 30.3 Å². The molecule has 6 nitrogen and oxygen atoms in total. The Morgan fingerprint density at radius 3 is 2.77 bits per heavy atom. The number of carbonyl (C=O) groups is 1. The van der Waals surface area contributed by atoms with Gasteiger partial charge in [-0.2, -0.15) is 5.26 Å². The van der Waals surface area contributed by atoms with E-state index >= 15 is 0 Å². The summed E-state index contributed by atoms with van der Waals surface area (Å²) in [6.07, 6.45) is 0. The second-order valence-electron chi connectivity index (χ2n) is 6.93. The Bertz CT molecular complexity index is 1120. The first-order valence-electron chi connectivity index (χ1n) is 9.49. The zero-order valence-electron chi connectivity index (χ0n) is 16.5. The topological polar surface area (TPSA) is 71.8 Å². The molecule has 1 aliphatic heterocycles. The van der Waals surface area contributed by atoms with Crippen molar-refractivity contribution in [2.75, 3.05) is 13.8 Å². The van der Waals surface area contributed by atoms with Crippen LogP contribution in [0.25, 0.3) is 0 Å². The van der Waals surface area contributed by atoms with Crippen molar-refractivity contribution in [3.8, 4) is 23.3 Å². The van der Waals surface area contributed by atoms with Gasteiger partial charge in [-0.25, -0.2) is 0 Å². The lowest BCUT2D eigenvalue weighted by Crippen LogP contribution is -2.26. The van der Waals surface area contributed by atoms with Crippen molar-refractivity contribution in [2.24, 2.45) is 0 Å². The van der Waals surface area contributed by atoms with Crippen molar-refractivity contribution >= 4 is 5.91 Å². The number of carbonyl (C=O) groups excluding carboxylic acids is 1. The van der Waals surface area contributed by atoms with E-state index in [9.17, 15) is 10.1 Å². The van der Waals surface area contributed by atoms with E-state index in [0.717, 1.165) is 16.9 Å². The predicted molar refractivity (Wildman–Crippen MR) is 110 cm³/mol. The summed E-state index contributed by atoms with van der Waals surface area (Å²) in [5, 5.41) is 9.20. The van der Waals surface area contributed by atoms with Crippen LogP contribution >= 0.6 is 0 Å². The first kappa shape index (κ1) is 19.3. The molecule has 150 valence electrons. The van der Waals surface area contributed by atoms with Crippen LogP contribution in [-0.2, 0) is 13.2 Å². The van der Waals surface area contributed by atoms with Crippen LogP contribution in [0.5, 0.6) is 17.2 Å². The van der Waals surface area contributed by atoms with E-state index < -0.39 is 0 Å². The number of ether oxygens (including phenoxy) is 3. The van der Waals surface area contributed by atoms with E-state index in [1.807, 2.05) is 36.4 Å². The van der Waals surface area contributed by atoms with E-state index in [-0.39, 0.29) is 19.3 Å². The van der Waals surface area contributed by atoms with Gasteiger partial charge in [0.2, 0.25) is 6.79 Å². The lowest BCUT2D eigenvalue weighted by molar-refractivity contribution is 0.0784. The van der Waals surface area contributed by atoms with Gasteiger partial charge in [-0.15, -0.1) is 0 Å². The summed E-state index contributed by atoms with van der Waals surface area (Å²) in [4.78, 5) is 14.5. The smallest absolute Gasteiger partial charge is 0.254 e. The van der Waals surface area contributed by atoms with Crippen LogP contribution in [0.15, 0.2) is 66.7 Å². The molecule has 0 unspecified atom stereocenters. The molecule has 0 radical (unpaired) electrons. The Kier molecular flexibility index (Phi) is 5.53. The van der Waals surface area contributed by atoms with Crippen molar-refractivity contribution in [3.05, 3.63) is 89.0 Å². The first-order chi connectivity index (χ1) is 14.6. The minimum absolute atomic E-state index is 0.115. The van der Waals surface area contributed by atoms with Crippen LogP contribution in [0.3, 0.4) is 0 Å². The first-order valence-corrected chi connectivity index (χ1v) is 9.49. The minimum atomic E-state index is -0.115. The molecule has 3 aromatic carbocycles. The Labute approximate surface area is 174 Å². The Morgan fingerprint density at radius 2 is 1.90 bits per heavy atom. The van der Waals surface area contributed by atoms with Crippen molar-refractivity contribution in [2.45, 2.75) is 13.2 Å². The summed E-state index contributed by atoms with van der Waals surface area (Å²) < 4.78 is 16.5. The van der Waals surface area contributed by atoms with Crippen molar-refractivity contribution < 1.29 is 19.0 Å². The monoisotopic (exact) mass is 400 g/mol. The second-order valence-corrected chi connectivity index (χ2v) is 6.93. The van der Waals surface area contributed by atoms with Gasteiger partial charge in [0.05, 0.1) is 11.6 Å². The molecule has 0 atom stereocenters. The molecule has 6 heteroatoms. The molecule has 0 bridgehead atoms. The Hall–Kier alpha value is -3.98. The standard InChI is InChI=1S/C24H20N2O4/c1-26(14-17-9-10-22-23(11-17)30-16-29-22)24(27)18-7-4-8-21(12-18)28-15-20-6-3-2-5-19(20)13-25/h2-12H,14-16H2,1H3. The van der Waals surface area contributed by atoms with Gasteiger partial charge in [-0.05, 0) is 42.0 Å². The van der Waals surface area contributed by atoms with Gasteiger partial charge < -0.3 is 19.1 Å². The third-order valence-electron chi connectivity index (χ3n) is 4.82. The second kappa shape index (κ2) is 8.58. The average molecular weight is 400 g/mol. The molecule has 4 rings (SSSR count). The van der Waals surface area contributed by atoms with Crippen LogP contribution in [-0.4, -0.2) is 24.6 Å². The van der Waals surface area contributed by atoms with Gasteiger partial charge in [0.1, 0.15) is 12.4 Å². The molecule has 1 heterocycles. The number of hydrogen-bond acceptors (Lipinski definition) is 5. The van der Waals surface area contributed by atoms with E-state index in [1.165, 1.54) is 0 Å². The van der Waals surface area contributed by atoms with Gasteiger partial charge in [0.15, 0.2) is 11.5 Å². The van der Waals surface area contributed by atoms with Gasteiger partial charge in [-0.3, -0.25) is 4.79 Å². The zero-order chi connectivity index (χ0) is 20.9. The highest BCUT2D eigenvalue weighted by Gasteiger charge is 2.17. The van der Waals surface area contributed by atoms with E-state index in [1.54, 1.807) is 42.3 Å². The van der Waals surface area contributed by atoms with E-state index in [0.29, 0.717) is 29.2 Å². The fourth-order valence-electron chi connectivity index (χ4n) is 3.24. The molecule has 1 aliphatic rings. The highest BCUT2D eigenvalue weighted by atomic mass is 16.7. The zero-order valence-corrected chi connectivity index (χ0v) is 16.5. The number of rotatable bonds is 6. The Balaban J connectivity index is 1.42. The highest BCUT2D eigenvalue weighted by Crippen LogP contribution is 2.32. The molecule has 0 N–H and O–H groups in total. The lowest BCUT2D eigenvalue weighted by atomic mass is 10.1. The molecule has 0 spiro atoms. The molecule has 0 aliphatic carbocycles. The van der Waals surface area contributed by atoms with Crippen LogP contribution < -0.4 is 14.2 Å². The van der Waals surface area contributed by atoms with E-state index in [2.05, 4.69) is 6.07 Å². The van der Waals surface area contributed by atoms with Gasteiger partial charge >= 0.3 is 0 Å². The van der Waals surface area contributed by atoms with Gasteiger partial charge in [0, 0.05) is 24.7 Å². The number of benzene rings is 3. The molecule has 0 aromatic heterocycles. The SMILES string of the molecule is CN(Cc1ccc2c(c1)OCO2)C(=O)c1cccc(OCc2ccccc2C#N)c1. The number of hydrogen-bond donors (Lipinski definition) is 0. The maximum absolute atomic E-state index is 12.9. The third kappa shape index (κ3) is 4.20. The molecule has 0 fully saturated rings. The van der Waals surface area contributed by atoms with Crippen molar-refractivity contribution in [3.63, 3.8) is 0 Å². The molecule has 3 aromatic rings.